The number of carbonyl (C=O) groups is 2. The van der Waals surface area contributed by atoms with Gasteiger partial charge in [0.2, 0.25) is 5.91 Å². The van der Waals surface area contributed by atoms with Crippen molar-refractivity contribution in [2.24, 2.45) is 17.8 Å². The minimum absolute atomic E-state index is 0.0150. The zero-order valence-electron chi connectivity index (χ0n) is 18.8. The van der Waals surface area contributed by atoms with Crippen molar-refractivity contribution < 1.29 is 14.3 Å². The lowest BCUT2D eigenvalue weighted by Gasteiger charge is -2.40. The van der Waals surface area contributed by atoms with E-state index in [4.69, 9.17) is 16.3 Å². The van der Waals surface area contributed by atoms with Crippen LogP contribution in [-0.2, 0) is 4.79 Å². The van der Waals surface area contributed by atoms with Crippen molar-refractivity contribution in [3.8, 4) is 5.75 Å². The topological polar surface area (TPSA) is 61.9 Å². The zero-order valence-corrected chi connectivity index (χ0v) is 19.5. The maximum absolute atomic E-state index is 13.3. The number of halogens is 1. The number of anilines is 1. The van der Waals surface area contributed by atoms with Crippen LogP contribution in [0.5, 0.6) is 5.75 Å². The number of ether oxygens (including phenoxy) is 1. The molecule has 1 aromatic rings. The molecule has 0 spiro atoms. The molecule has 170 valence electrons. The van der Waals surface area contributed by atoms with E-state index in [1.54, 1.807) is 17.0 Å². The van der Waals surface area contributed by atoms with Gasteiger partial charge in [0.25, 0.3) is 0 Å². The monoisotopic (exact) mass is 447 g/mol. The van der Waals surface area contributed by atoms with E-state index in [-0.39, 0.29) is 30.0 Å². The van der Waals surface area contributed by atoms with Gasteiger partial charge in [-0.25, -0.2) is 4.79 Å². The van der Waals surface area contributed by atoms with Gasteiger partial charge < -0.3 is 15.0 Å². The molecular formula is C24H34ClN3O3. The van der Waals surface area contributed by atoms with E-state index in [2.05, 4.69) is 19.2 Å². The van der Waals surface area contributed by atoms with Crippen molar-refractivity contribution in [1.29, 1.82) is 0 Å². The molecule has 7 heteroatoms. The molecule has 4 rings (SSSR count). The van der Waals surface area contributed by atoms with Crippen molar-refractivity contribution in [1.82, 2.24) is 10.2 Å². The molecule has 2 fully saturated rings. The summed E-state index contributed by atoms with van der Waals surface area (Å²) in [5, 5.41) is 3.90. The van der Waals surface area contributed by atoms with E-state index < -0.39 is 0 Å². The molecule has 2 aliphatic heterocycles. The molecule has 6 nitrogen and oxygen atoms in total. The minimum atomic E-state index is -0.0826. The first kappa shape index (κ1) is 22.3. The summed E-state index contributed by atoms with van der Waals surface area (Å²) >= 11 is 6.17. The number of nitrogens with zero attached hydrogens (tertiary/aromatic N) is 2. The van der Waals surface area contributed by atoms with Crippen LogP contribution in [0.3, 0.4) is 0 Å². The summed E-state index contributed by atoms with van der Waals surface area (Å²) in [5.74, 6) is 2.01. The largest absolute Gasteiger partial charge is 0.487 e. The van der Waals surface area contributed by atoms with E-state index >= 15 is 0 Å². The summed E-state index contributed by atoms with van der Waals surface area (Å²) in [5.41, 5.74) is 0.718. The second kappa shape index (κ2) is 9.27. The molecule has 0 radical (unpaired) electrons. The van der Waals surface area contributed by atoms with Gasteiger partial charge in [-0.1, -0.05) is 38.3 Å². The van der Waals surface area contributed by atoms with Gasteiger partial charge >= 0.3 is 6.03 Å². The molecule has 1 aromatic carbocycles. The number of fused-ring (bicyclic) bond motifs is 1. The van der Waals surface area contributed by atoms with Gasteiger partial charge in [-0.15, -0.1) is 0 Å². The summed E-state index contributed by atoms with van der Waals surface area (Å²) < 4.78 is 5.87. The summed E-state index contributed by atoms with van der Waals surface area (Å²) in [6.45, 7) is 8.17. The minimum Gasteiger partial charge on any atom is -0.487 e. The number of urea groups is 1. The molecule has 1 saturated heterocycles. The van der Waals surface area contributed by atoms with Gasteiger partial charge in [0.1, 0.15) is 11.9 Å². The predicted octanol–water partition coefficient (Wildman–Crippen LogP) is 4.70. The molecule has 1 aliphatic carbocycles. The second-order valence-corrected chi connectivity index (χ2v) is 10.0. The van der Waals surface area contributed by atoms with Crippen LogP contribution in [0, 0.1) is 17.8 Å². The molecule has 1 N–H and O–H groups in total. The number of hydrogen-bond donors (Lipinski definition) is 1. The summed E-state index contributed by atoms with van der Waals surface area (Å²) in [6, 6.07) is 5.63. The first-order valence-corrected chi connectivity index (χ1v) is 12.0. The fraction of sp³-hybridized carbons (Fsp3) is 0.667. The molecule has 1 saturated carbocycles. The predicted molar refractivity (Wildman–Crippen MR) is 123 cm³/mol. The van der Waals surface area contributed by atoms with Gasteiger partial charge in [0.15, 0.2) is 0 Å². The van der Waals surface area contributed by atoms with Crippen molar-refractivity contribution in [2.45, 2.75) is 65.0 Å². The molecule has 31 heavy (non-hydrogen) atoms. The van der Waals surface area contributed by atoms with Crippen LogP contribution in [0.1, 0.15) is 52.9 Å². The van der Waals surface area contributed by atoms with Crippen LogP contribution in [0.2, 0.25) is 5.02 Å². The number of carbonyl (C=O) groups excluding carboxylic acids is 2. The van der Waals surface area contributed by atoms with E-state index in [1.165, 1.54) is 12.8 Å². The Kier molecular flexibility index (Phi) is 6.65. The Hall–Kier alpha value is -1.95. The van der Waals surface area contributed by atoms with Crippen molar-refractivity contribution in [2.75, 3.05) is 24.5 Å². The molecule has 3 amide bonds. The Bertz CT molecular complexity index is 824. The Labute approximate surface area is 190 Å². The van der Waals surface area contributed by atoms with E-state index in [1.807, 2.05) is 17.9 Å². The third kappa shape index (κ3) is 4.79. The summed E-state index contributed by atoms with van der Waals surface area (Å²) in [6.07, 6.45) is 4.84. The second-order valence-electron chi connectivity index (χ2n) is 9.58. The average molecular weight is 448 g/mol. The number of amides is 3. The zero-order chi connectivity index (χ0) is 22.1. The van der Waals surface area contributed by atoms with Crippen LogP contribution in [0.25, 0.3) is 0 Å². The SMILES string of the molecule is C[C@@H]1[C@@H](C)CCC[C@H]1NC(=O)C1CCN(C(=O)N2C[C@@H](C)Oc3ccc(Cl)cc32)CC1. The smallest absolute Gasteiger partial charge is 0.324 e. The average Bonchev–Trinajstić information content (AvgIpc) is 2.76. The first-order valence-electron chi connectivity index (χ1n) is 11.7. The standard InChI is InChI=1S/C24H34ClN3O3/c1-15-5-4-6-20(17(15)3)26-23(29)18-9-11-27(12-10-18)24(30)28-14-16(2)31-22-8-7-19(25)13-21(22)28/h7-8,13,15-18,20H,4-6,9-12,14H2,1-3H3,(H,26,29)/t15-,16+,17+,20+/m0/s1. The number of hydrogen-bond acceptors (Lipinski definition) is 3. The highest BCUT2D eigenvalue weighted by atomic mass is 35.5. The van der Waals surface area contributed by atoms with E-state index in [9.17, 15) is 9.59 Å². The van der Waals surface area contributed by atoms with Gasteiger partial charge in [-0.05, 0) is 56.2 Å². The third-order valence-corrected chi connectivity index (χ3v) is 7.62. The number of likely N-dealkylation sites (tertiary alicyclic amines) is 1. The fourth-order valence-corrected chi connectivity index (χ4v) is 5.35. The molecule has 4 atom stereocenters. The van der Waals surface area contributed by atoms with Crippen LogP contribution in [0.15, 0.2) is 18.2 Å². The molecule has 0 unspecified atom stereocenters. The van der Waals surface area contributed by atoms with Gasteiger partial charge in [-0.2, -0.15) is 0 Å². The highest BCUT2D eigenvalue weighted by Gasteiger charge is 2.35. The number of rotatable bonds is 2. The maximum Gasteiger partial charge on any atom is 0.324 e. The highest BCUT2D eigenvalue weighted by Crippen LogP contribution is 2.37. The van der Waals surface area contributed by atoms with Gasteiger partial charge in [0, 0.05) is 30.1 Å². The first-order chi connectivity index (χ1) is 14.8. The van der Waals surface area contributed by atoms with E-state index in [0.717, 1.165) is 12.1 Å². The molecular weight excluding hydrogens is 414 g/mol. The van der Waals surface area contributed by atoms with Gasteiger partial charge in [0.05, 0.1) is 12.2 Å². The van der Waals surface area contributed by atoms with Crippen molar-refractivity contribution >= 4 is 29.2 Å². The third-order valence-electron chi connectivity index (χ3n) is 7.38. The van der Waals surface area contributed by atoms with Crippen molar-refractivity contribution in [3.63, 3.8) is 0 Å². The quantitative estimate of drug-likeness (QED) is 0.714. The van der Waals surface area contributed by atoms with Crippen LogP contribution < -0.4 is 15.0 Å². The van der Waals surface area contributed by atoms with Gasteiger partial charge in [-0.3, -0.25) is 9.69 Å². The molecule has 2 heterocycles. The molecule has 0 bridgehead atoms. The lowest BCUT2D eigenvalue weighted by Crippen LogP contribution is -2.53. The normalized spacial score (nSPS) is 29.2. The Morgan fingerprint density at radius 3 is 2.58 bits per heavy atom. The molecule has 0 aromatic heterocycles. The Morgan fingerprint density at radius 2 is 1.84 bits per heavy atom. The number of nitrogens with one attached hydrogen (secondary N) is 1. The highest BCUT2D eigenvalue weighted by molar-refractivity contribution is 6.31. The number of benzene rings is 1. The summed E-state index contributed by atoms with van der Waals surface area (Å²) in [7, 11) is 0. The fourth-order valence-electron chi connectivity index (χ4n) is 5.18. The Morgan fingerprint density at radius 1 is 1.10 bits per heavy atom. The van der Waals surface area contributed by atoms with Crippen molar-refractivity contribution in [3.05, 3.63) is 23.2 Å². The maximum atomic E-state index is 13.3. The van der Waals surface area contributed by atoms with E-state index in [0.29, 0.717) is 55.1 Å². The van der Waals surface area contributed by atoms with Crippen LogP contribution in [-0.4, -0.2) is 48.6 Å². The number of piperidine rings is 1. The lowest BCUT2D eigenvalue weighted by molar-refractivity contribution is -0.127. The van der Waals surface area contributed by atoms with Crippen LogP contribution >= 0.6 is 11.6 Å². The lowest BCUT2D eigenvalue weighted by atomic mass is 9.78. The Balaban J connectivity index is 1.35. The van der Waals surface area contributed by atoms with Crippen LogP contribution in [0.4, 0.5) is 10.5 Å². The summed E-state index contributed by atoms with van der Waals surface area (Å²) in [4.78, 5) is 29.8. The molecule has 3 aliphatic rings.